The number of carbonyl (C=O) groups excluding carboxylic acids is 1. The average molecular weight is 462 g/mol. The number of nitrogens with zero attached hydrogens (tertiary/aromatic N) is 2. The quantitative estimate of drug-likeness (QED) is 0.294. The van der Waals surface area contributed by atoms with Crippen LogP contribution >= 0.6 is 11.8 Å². The fourth-order valence-electron chi connectivity index (χ4n) is 2.49. The van der Waals surface area contributed by atoms with Crippen molar-refractivity contribution in [2.45, 2.75) is 23.5 Å². The van der Waals surface area contributed by atoms with Crippen molar-refractivity contribution >= 4 is 27.7 Å². The van der Waals surface area contributed by atoms with Gasteiger partial charge in [-0.25, -0.2) is 18.1 Å². The number of hydrogen-bond acceptors (Lipinski definition) is 7. The van der Waals surface area contributed by atoms with Gasteiger partial charge >= 0.3 is 0 Å². The Hall–Kier alpha value is -2.89. The first-order valence-electron chi connectivity index (χ1n) is 9.47. The number of aromatic amines is 1. The Bertz CT molecular complexity index is 1090. The molecule has 3 aromatic rings. The molecule has 0 aliphatic rings. The molecule has 1 heterocycles. The summed E-state index contributed by atoms with van der Waals surface area (Å²) in [6, 6.07) is 15.2. The van der Waals surface area contributed by atoms with Crippen LogP contribution in [0.15, 0.2) is 64.6 Å². The van der Waals surface area contributed by atoms with Crippen molar-refractivity contribution in [2.75, 3.05) is 18.9 Å². The second kappa shape index (κ2) is 10.9. The third-order valence-electron chi connectivity index (χ3n) is 4.05. The lowest BCUT2D eigenvalue weighted by Gasteiger charge is -2.09. The predicted molar refractivity (Wildman–Crippen MR) is 117 cm³/mol. The van der Waals surface area contributed by atoms with Crippen molar-refractivity contribution in [3.8, 4) is 5.75 Å². The molecule has 0 saturated heterocycles. The molecule has 11 heteroatoms. The molecule has 0 aliphatic carbocycles. The lowest BCUT2D eigenvalue weighted by Crippen LogP contribution is -2.30. The van der Waals surface area contributed by atoms with Gasteiger partial charge in [0.15, 0.2) is 6.61 Å². The molecule has 164 valence electrons. The Labute approximate surface area is 185 Å². The first-order chi connectivity index (χ1) is 14.9. The minimum atomic E-state index is -3.64. The van der Waals surface area contributed by atoms with Gasteiger partial charge in [-0.3, -0.25) is 9.89 Å². The summed E-state index contributed by atoms with van der Waals surface area (Å²) >= 11 is 1.43. The van der Waals surface area contributed by atoms with Crippen molar-refractivity contribution in [3.63, 3.8) is 0 Å². The molecule has 2 aromatic carbocycles. The van der Waals surface area contributed by atoms with Gasteiger partial charge in [0.05, 0.1) is 4.90 Å². The SMILES string of the molecule is Cc1nc(SCCNC(=O)COc2ccc(S(=O)(=O)NCc3ccccc3)cc2)n[nH]1. The molecule has 3 rings (SSSR count). The van der Waals surface area contributed by atoms with E-state index in [1.54, 1.807) is 0 Å². The third kappa shape index (κ3) is 7.39. The number of ether oxygens (including phenoxy) is 1. The topological polar surface area (TPSA) is 126 Å². The number of benzene rings is 2. The molecule has 1 amide bonds. The molecule has 3 N–H and O–H groups in total. The molecule has 0 saturated carbocycles. The zero-order valence-corrected chi connectivity index (χ0v) is 18.5. The van der Waals surface area contributed by atoms with Crippen LogP contribution < -0.4 is 14.8 Å². The standard InChI is InChI=1S/C20H23N5O4S2/c1-15-23-20(25-24-15)30-12-11-21-19(26)14-29-17-7-9-18(10-8-17)31(27,28)22-13-16-5-3-2-4-6-16/h2-10,22H,11-14H2,1H3,(H,21,26)(H,23,24,25). The number of aryl methyl sites for hydroxylation is 1. The summed E-state index contributed by atoms with van der Waals surface area (Å²) in [7, 11) is -3.64. The van der Waals surface area contributed by atoms with E-state index in [4.69, 9.17) is 4.74 Å². The first-order valence-corrected chi connectivity index (χ1v) is 11.9. The minimum Gasteiger partial charge on any atom is -0.484 e. The van der Waals surface area contributed by atoms with Crippen LogP contribution in [0, 0.1) is 6.92 Å². The van der Waals surface area contributed by atoms with Crippen molar-refractivity contribution in [1.29, 1.82) is 0 Å². The Balaban J connectivity index is 1.39. The van der Waals surface area contributed by atoms with Crippen LogP contribution in [0.1, 0.15) is 11.4 Å². The molecule has 0 spiro atoms. The Morgan fingerprint density at radius 1 is 1.13 bits per heavy atom. The van der Waals surface area contributed by atoms with E-state index in [2.05, 4.69) is 25.2 Å². The molecule has 1 aromatic heterocycles. The molecule has 0 radical (unpaired) electrons. The normalized spacial score (nSPS) is 11.3. The van der Waals surface area contributed by atoms with E-state index in [1.807, 2.05) is 37.3 Å². The van der Waals surface area contributed by atoms with E-state index in [0.29, 0.717) is 23.2 Å². The first kappa shape index (κ1) is 22.8. The second-order valence-electron chi connectivity index (χ2n) is 6.47. The number of carbonyl (C=O) groups is 1. The predicted octanol–water partition coefficient (Wildman–Crippen LogP) is 1.88. The lowest BCUT2D eigenvalue weighted by atomic mass is 10.2. The highest BCUT2D eigenvalue weighted by Crippen LogP contribution is 2.16. The smallest absolute Gasteiger partial charge is 0.257 e. The van der Waals surface area contributed by atoms with Gasteiger partial charge in [0.25, 0.3) is 5.91 Å². The third-order valence-corrected chi connectivity index (χ3v) is 6.31. The zero-order valence-electron chi connectivity index (χ0n) is 16.9. The average Bonchev–Trinajstić information content (AvgIpc) is 3.20. The number of sulfonamides is 1. The molecule has 0 atom stereocenters. The monoisotopic (exact) mass is 461 g/mol. The number of aromatic nitrogens is 3. The van der Waals surface area contributed by atoms with Crippen LogP contribution in [0.4, 0.5) is 0 Å². The van der Waals surface area contributed by atoms with Gasteiger partial charge < -0.3 is 10.1 Å². The van der Waals surface area contributed by atoms with Gasteiger partial charge in [-0.2, -0.15) is 0 Å². The van der Waals surface area contributed by atoms with Gasteiger partial charge in [-0.05, 0) is 36.8 Å². The maximum atomic E-state index is 12.4. The fourth-order valence-corrected chi connectivity index (χ4v) is 4.21. The van der Waals surface area contributed by atoms with Crippen molar-refractivity contribution in [3.05, 3.63) is 66.0 Å². The van der Waals surface area contributed by atoms with E-state index < -0.39 is 10.0 Å². The summed E-state index contributed by atoms with van der Waals surface area (Å²) in [5.74, 6) is 1.51. The van der Waals surface area contributed by atoms with E-state index in [0.717, 1.165) is 11.4 Å². The fraction of sp³-hybridized carbons (Fsp3) is 0.250. The summed E-state index contributed by atoms with van der Waals surface area (Å²) in [5.41, 5.74) is 0.867. The van der Waals surface area contributed by atoms with Gasteiger partial charge in [0, 0.05) is 18.8 Å². The molecular formula is C20H23N5O4S2. The molecule has 0 bridgehead atoms. The van der Waals surface area contributed by atoms with Crippen molar-refractivity contribution in [1.82, 2.24) is 25.2 Å². The zero-order chi connectivity index (χ0) is 22.1. The van der Waals surface area contributed by atoms with Gasteiger partial charge in [-0.15, -0.1) is 5.10 Å². The Morgan fingerprint density at radius 3 is 2.55 bits per heavy atom. The number of nitrogens with one attached hydrogen (secondary N) is 3. The highest BCUT2D eigenvalue weighted by Gasteiger charge is 2.14. The van der Waals surface area contributed by atoms with E-state index in [-0.39, 0.29) is 24.0 Å². The lowest BCUT2D eigenvalue weighted by molar-refractivity contribution is -0.122. The Kier molecular flexibility index (Phi) is 8.04. The maximum Gasteiger partial charge on any atom is 0.257 e. The van der Waals surface area contributed by atoms with Gasteiger partial charge in [-0.1, -0.05) is 42.1 Å². The van der Waals surface area contributed by atoms with E-state index in [9.17, 15) is 13.2 Å². The highest BCUT2D eigenvalue weighted by atomic mass is 32.2. The van der Waals surface area contributed by atoms with Crippen LogP contribution in [-0.4, -0.2) is 48.4 Å². The van der Waals surface area contributed by atoms with Crippen molar-refractivity contribution < 1.29 is 17.9 Å². The molecular weight excluding hydrogens is 438 g/mol. The maximum absolute atomic E-state index is 12.4. The summed E-state index contributed by atoms with van der Waals surface area (Å²) < 4.78 is 32.8. The number of amides is 1. The summed E-state index contributed by atoms with van der Waals surface area (Å²) in [6.07, 6.45) is 0. The number of thioether (sulfide) groups is 1. The second-order valence-corrected chi connectivity index (χ2v) is 9.30. The molecule has 0 fully saturated rings. The molecule has 31 heavy (non-hydrogen) atoms. The number of H-pyrrole nitrogens is 1. The molecule has 9 nitrogen and oxygen atoms in total. The number of rotatable bonds is 11. The summed E-state index contributed by atoms with van der Waals surface area (Å²) in [5, 5.41) is 10.1. The van der Waals surface area contributed by atoms with Crippen LogP contribution in [0.5, 0.6) is 5.75 Å². The van der Waals surface area contributed by atoms with Crippen LogP contribution in [0.3, 0.4) is 0 Å². The largest absolute Gasteiger partial charge is 0.484 e. The molecule has 0 unspecified atom stereocenters. The Morgan fingerprint density at radius 2 is 1.87 bits per heavy atom. The van der Waals surface area contributed by atoms with Crippen LogP contribution in [0.25, 0.3) is 0 Å². The summed E-state index contributed by atoms with van der Waals surface area (Å²) in [6.45, 7) is 2.31. The van der Waals surface area contributed by atoms with Crippen LogP contribution in [0.2, 0.25) is 0 Å². The van der Waals surface area contributed by atoms with Gasteiger partial charge in [0.2, 0.25) is 15.2 Å². The minimum absolute atomic E-state index is 0.125. The van der Waals surface area contributed by atoms with Crippen molar-refractivity contribution in [2.24, 2.45) is 0 Å². The van der Waals surface area contributed by atoms with E-state index in [1.165, 1.54) is 36.0 Å². The van der Waals surface area contributed by atoms with E-state index >= 15 is 0 Å². The van der Waals surface area contributed by atoms with Gasteiger partial charge in [0.1, 0.15) is 11.6 Å². The molecule has 0 aliphatic heterocycles. The highest BCUT2D eigenvalue weighted by molar-refractivity contribution is 7.99. The summed E-state index contributed by atoms with van der Waals surface area (Å²) in [4.78, 5) is 16.2. The van der Waals surface area contributed by atoms with Crippen LogP contribution in [-0.2, 0) is 21.4 Å². The number of hydrogen-bond donors (Lipinski definition) is 3.